The van der Waals surface area contributed by atoms with E-state index in [1.165, 1.54) is 0 Å². The summed E-state index contributed by atoms with van der Waals surface area (Å²) in [7, 11) is -3.87. The van der Waals surface area contributed by atoms with Gasteiger partial charge in [-0.1, -0.05) is 27.2 Å². The largest absolute Gasteiger partial charge is 0.354 e. The summed E-state index contributed by atoms with van der Waals surface area (Å²) in [5, 5.41) is 0. The molecule has 1 unspecified atom stereocenters. The molecule has 0 aromatic rings. The van der Waals surface area contributed by atoms with Crippen LogP contribution in [0, 0.1) is 5.41 Å². The molecule has 0 aliphatic carbocycles. The summed E-state index contributed by atoms with van der Waals surface area (Å²) in [5.41, 5.74) is 3.81. The minimum atomic E-state index is -3.87. The zero-order valence-corrected chi connectivity index (χ0v) is 9.39. The third kappa shape index (κ3) is 6.98. The third-order valence-corrected chi connectivity index (χ3v) is 3.14. The standard InChI is InChI=1S/C8H19NO3S/c1-4-8(2,3)5-7(9)6-13(10,11)12/h7H,4-6,9H2,1-3H3,(H,10,11,12)/p+1. The van der Waals surface area contributed by atoms with Crippen molar-refractivity contribution in [1.82, 2.24) is 0 Å². The smallest absolute Gasteiger partial charge is 0.270 e. The molecule has 0 fully saturated rings. The molecule has 13 heavy (non-hydrogen) atoms. The lowest BCUT2D eigenvalue weighted by atomic mass is 9.84. The van der Waals surface area contributed by atoms with E-state index < -0.39 is 10.1 Å². The highest BCUT2D eigenvalue weighted by Gasteiger charge is 2.24. The van der Waals surface area contributed by atoms with E-state index in [4.69, 9.17) is 4.55 Å². The van der Waals surface area contributed by atoms with Crippen LogP contribution in [0.15, 0.2) is 0 Å². The molecule has 0 heterocycles. The maximum atomic E-state index is 10.5. The van der Waals surface area contributed by atoms with Crippen LogP contribution in [0.2, 0.25) is 0 Å². The lowest BCUT2D eigenvalue weighted by Gasteiger charge is -2.23. The van der Waals surface area contributed by atoms with Crippen LogP contribution in [-0.2, 0) is 10.1 Å². The Kier molecular flexibility index (Phi) is 4.35. The molecule has 0 rings (SSSR count). The maximum absolute atomic E-state index is 10.5. The fraction of sp³-hybridized carbons (Fsp3) is 1.00. The third-order valence-electron chi connectivity index (χ3n) is 2.24. The molecule has 0 aliphatic rings. The Bertz CT molecular complexity index is 246. The van der Waals surface area contributed by atoms with Crippen molar-refractivity contribution in [3.05, 3.63) is 0 Å². The first-order valence-corrected chi connectivity index (χ1v) is 6.05. The van der Waals surface area contributed by atoms with E-state index in [1.54, 1.807) is 0 Å². The predicted molar refractivity (Wildman–Crippen MR) is 51.8 cm³/mol. The van der Waals surface area contributed by atoms with Crippen molar-refractivity contribution in [3.8, 4) is 0 Å². The molecule has 0 saturated carbocycles. The fourth-order valence-electron chi connectivity index (χ4n) is 1.28. The van der Waals surface area contributed by atoms with Gasteiger partial charge in [0.15, 0.2) is 0 Å². The van der Waals surface area contributed by atoms with E-state index in [9.17, 15) is 8.42 Å². The number of rotatable bonds is 5. The second-order valence-electron chi connectivity index (χ2n) is 4.34. The molecule has 0 amide bonds. The summed E-state index contributed by atoms with van der Waals surface area (Å²) in [4.78, 5) is 0. The van der Waals surface area contributed by atoms with Gasteiger partial charge < -0.3 is 5.73 Å². The second kappa shape index (κ2) is 4.39. The van der Waals surface area contributed by atoms with Gasteiger partial charge in [-0.05, 0) is 5.41 Å². The van der Waals surface area contributed by atoms with Crippen molar-refractivity contribution in [2.45, 2.75) is 39.7 Å². The van der Waals surface area contributed by atoms with Crippen LogP contribution in [-0.4, -0.2) is 24.8 Å². The summed E-state index contributed by atoms with van der Waals surface area (Å²) < 4.78 is 29.7. The molecule has 0 aromatic heterocycles. The van der Waals surface area contributed by atoms with Crippen molar-refractivity contribution in [2.75, 3.05) is 5.75 Å². The Morgan fingerprint density at radius 3 is 2.23 bits per heavy atom. The van der Waals surface area contributed by atoms with Gasteiger partial charge in [-0.25, -0.2) is 0 Å². The topological polar surface area (TPSA) is 82.0 Å². The second-order valence-corrected chi connectivity index (χ2v) is 5.83. The Hall–Kier alpha value is -0.130. The number of quaternary nitrogens is 1. The molecule has 0 radical (unpaired) electrons. The van der Waals surface area contributed by atoms with E-state index >= 15 is 0 Å². The average molecular weight is 210 g/mol. The van der Waals surface area contributed by atoms with Gasteiger partial charge in [0, 0.05) is 6.42 Å². The zero-order chi connectivity index (χ0) is 10.7. The first-order valence-electron chi connectivity index (χ1n) is 4.44. The monoisotopic (exact) mass is 210 g/mol. The van der Waals surface area contributed by atoms with Gasteiger partial charge >= 0.3 is 0 Å². The first-order chi connectivity index (χ1) is 5.66. The van der Waals surface area contributed by atoms with Crippen molar-refractivity contribution >= 4 is 10.1 Å². The highest BCUT2D eigenvalue weighted by molar-refractivity contribution is 7.85. The van der Waals surface area contributed by atoms with Crippen molar-refractivity contribution in [1.29, 1.82) is 0 Å². The van der Waals surface area contributed by atoms with Gasteiger partial charge in [0.05, 0.1) is 0 Å². The van der Waals surface area contributed by atoms with Crippen molar-refractivity contribution in [2.24, 2.45) is 5.41 Å². The van der Waals surface area contributed by atoms with Crippen molar-refractivity contribution in [3.63, 3.8) is 0 Å². The molecular weight excluding hydrogens is 190 g/mol. The molecule has 0 bridgehead atoms. The Morgan fingerprint density at radius 2 is 1.92 bits per heavy atom. The van der Waals surface area contributed by atoms with Gasteiger partial charge in [-0.15, -0.1) is 0 Å². The molecule has 0 spiro atoms. The van der Waals surface area contributed by atoms with Gasteiger partial charge in [-0.3, -0.25) is 4.55 Å². The highest BCUT2D eigenvalue weighted by Crippen LogP contribution is 2.25. The van der Waals surface area contributed by atoms with Crippen molar-refractivity contribution < 1.29 is 18.7 Å². The summed E-state index contributed by atoms with van der Waals surface area (Å²) in [6, 6.07) is -0.232. The Labute approximate surface area is 80.3 Å². The van der Waals surface area contributed by atoms with Crippen LogP contribution in [0.3, 0.4) is 0 Å². The van der Waals surface area contributed by atoms with E-state index in [0.717, 1.165) is 6.42 Å². The Balaban J connectivity index is 4.10. The van der Waals surface area contributed by atoms with E-state index in [-0.39, 0.29) is 17.2 Å². The SMILES string of the molecule is CCC(C)(C)CC([NH3+])CS(=O)(=O)O. The van der Waals surface area contributed by atoms with Crippen LogP contribution in [0.1, 0.15) is 33.6 Å². The van der Waals surface area contributed by atoms with Crippen LogP contribution in [0.4, 0.5) is 0 Å². The minimum Gasteiger partial charge on any atom is -0.354 e. The van der Waals surface area contributed by atoms with Gasteiger partial charge in [0.25, 0.3) is 10.1 Å². The molecule has 5 heteroatoms. The minimum absolute atomic E-state index is 0.0944. The highest BCUT2D eigenvalue weighted by atomic mass is 32.2. The molecule has 80 valence electrons. The Morgan fingerprint density at radius 1 is 1.46 bits per heavy atom. The maximum Gasteiger partial charge on any atom is 0.270 e. The number of hydrogen-bond acceptors (Lipinski definition) is 2. The van der Waals surface area contributed by atoms with Gasteiger partial charge in [0.1, 0.15) is 11.8 Å². The van der Waals surface area contributed by atoms with Crippen LogP contribution in [0.25, 0.3) is 0 Å². The zero-order valence-electron chi connectivity index (χ0n) is 8.58. The lowest BCUT2D eigenvalue weighted by molar-refractivity contribution is -0.417. The fourth-order valence-corrected chi connectivity index (χ4v) is 2.00. The molecule has 0 saturated heterocycles. The van der Waals surface area contributed by atoms with E-state index in [0.29, 0.717) is 6.42 Å². The average Bonchev–Trinajstić information content (AvgIpc) is 1.81. The van der Waals surface area contributed by atoms with Crippen LogP contribution >= 0.6 is 0 Å². The van der Waals surface area contributed by atoms with Gasteiger partial charge in [0.2, 0.25) is 0 Å². The van der Waals surface area contributed by atoms with E-state index in [2.05, 4.69) is 26.5 Å². The lowest BCUT2D eigenvalue weighted by Crippen LogP contribution is -2.64. The summed E-state index contributed by atoms with van der Waals surface area (Å²) in [6.45, 7) is 6.19. The van der Waals surface area contributed by atoms with Crippen LogP contribution in [0.5, 0.6) is 0 Å². The predicted octanol–water partition coefficient (Wildman–Crippen LogP) is 0.311. The van der Waals surface area contributed by atoms with Gasteiger partial charge in [-0.2, -0.15) is 8.42 Å². The first kappa shape index (κ1) is 12.9. The molecule has 4 nitrogen and oxygen atoms in total. The molecule has 4 N–H and O–H groups in total. The normalized spacial score (nSPS) is 15.8. The molecule has 0 aromatic carbocycles. The molecule has 0 aliphatic heterocycles. The van der Waals surface area contributed by atoms with E-state index in [1.807, 2.05) is 0 Å². The molecular formula is C8H20NO3S+. The quantitative estimate of drug-likeness (QED) is 0.641. The summed E-state index contributed by atoms with van der Waals surface area (Å²) >= 11 is 0. The molecule has 1 atom stereocenters. The summed E-state index contributed by atoms with van der Waals surface area (Å²) in [5.74, 6) is -0.240. The number of hydrogen-bond donors (Lipinski definition) is 2. The van der Waals surface area contributed by atoms with Crippen LogP contribution < -0.4 is 5.73 Å². The summed E-state index contributed by atoms with van der Waals surface area (Å²) in [6.07, 6.45) is 1.69.